The van der Waals surface area contributed by atoms with E-state index in [0.717, 1.165) is 13.0 Å². The molecule has 0 aliphatic rings. The second-order valence-electron chi connectivity index (χ2n) is 6.60. The van der Waals surface area contributed by atoms with Crippen LogP contribution in [0.1, 0.15) is 43.3 Å². The van der Waals surface area contributed by atoms with Gasteiger partial charge in [-0.25, -0.2) is 0 Å². The van der Waals surface area contributed by atoms with Gasteiger partial charge in [-0.15, -0.1) is 0 Å². The third-order valence-corrected chi connectivity index (χ3v) is 4.83. The van der Waals surface area contributed by atoms with Crippen molar-refractivity contribution in [3.8, 4) is 11.1 Å². The number of aryl methyl sites for hydroxylation is 1. The van der Waals surface area contributed by atoms with Crippen LogP contribution in [0.4, 0.5) is 0 Å². The maximum absolute atomic E-state index is 2.46. The summed E-state index contributed by atoms with van der Waals surface area (Å²) < 4.78 is 2.46. The molecule has 0 saturated heterocycles. The Balaban J connectivity index is 2.55. The minimum absolute atomic E-state index is 0.908. The molecule has 0 aliphatic carbocycles. The van der Waals surface area contributed by atoms with Crippen molar-refractivity contribution in [3.05, 3.63) is 82.7 Å². The first-order chi connectivity index (χ1) is 12.0. The Labute approximate surface area is 153 Å². The maximum atomic E-state index is 2.46. The summed E-state index contributed by atoms with van der Waals surface area (Å²) in [4.78, 5) is 0. The highest BCUT2D eigenvalue weighted by molar-refractivity contribution is 5.72. The summed E-state index contributed by atoms with van der Waals surface area (Å²) >= 11 is 0. The van der Waals surface area contributed by atoms with Gasteiger partial charge >= 0.3 is 0 Å². The van der Waals surface area contributed by atoms with Crippen LogP contribution in [0, 0.1) is 20.8 Å². The number of allylic oxidation sites excluding steroid dienone is 6. The first-order valence-corrected chi connectivity index (χ1v) is 9.23. The lowest BCUT2D eigenvalue weighted by Gasteiger charge is -2.11. The summed E-state index contributed by atoms with van der Waals surface area (Å²) in [6.07, 6.45) is 11.8. The van der Waals surface area contributed by atoms with Crippen LogP contribution >= 0.6 is 0 Å². The Morgan fingerprint density at radius 3 is 2.20 bits per heavy atom. The Morgan fingerprint density at radius 1 is 0.960 bits per heavy atom. The topological polar surface area (TPSA) is 4.93 Å². The van der Waals surface area contributed by atoms with E-state index < -0.39 is 0 Å². The van der Waals surface area contributed by atoms with E-state index in [4.69, 9.17) is 0 Å². The van der Waals surface area contributed by atoms with Gasteiger partial charge in [-0.3, -0.25) is 0 Å². The van der Waals surface area contributed by atoms with Gasteiger partial charge < -0.3 is 4.57 Å². The molecule has 0 amide bonds. The zero-order valence-electron chi connectivity index (χ0n) is 16.6. The molecule has 0 bridgehead atoms. The summed E-state index contributed by atoms with van der Waals surface area (Å²) in [6, 6.07) is 8.92. The van der Waals surface area contributed by atoms with Gasteiger partial charge in [0.1, 0.15) is 0 Å². The highest BCUT2D eigenvalue weighted by atomic mass is 15.0. The molecule has 1 aromatic heterocycles. The number of hydrogen-bond acceptors (Lipinski definition) is 0. The molecule has 0 fully saturated rings. The molecular formula is C24H31N. The standard InChI is InChI=1S/C24H31N/c1-7-10-12-21(11-8-2)17-25-19(5)23(9-3)24(20(25)6)22-15-13-18(4)14-16-22/h7-8,10-16H,9,17H2,1-6H3/b10-7+,11-8-,21-12+. The third kappa shape index (κ3) is 4.22. The molecule has 25 heavy (non-hydrogen) atoms. The van der Waals surface area contributed by atoms with Crippen LogP contribution in [0.3, 0.4) is 0 Å². The Hall–Kier alpha value is -2.28. The molecule has 0 radical (unpaired) electrons. The van der Waals surface area contributed by atoms with Crippen molar-refractivity contribution in [2.75, 3.05) is 0 Å². The molecule has 0 N–H and O–H groups in total. The van der Waals surface area contributed by atoms with E-state index >= 15 is 0 Å². The summed E-state index contributed by atoms with van der Waals surface area (Å²) in [6.45, 7) is 14.0. The van der Waals surface area contributed by atoms with E-state index in [-0.39, 0.29) is 0 Å². The molecule has 1 heterocycles. The fourth-order valence-electron chi connectivity index (χ4n) is 3.50. The number of rotatable bonds is 6. The minimum Gasteiger partial charge on any atom is -0.344 e. The second kappa shape index (κ2) is 8.71. The molecule has 132 valence electrons. The van der Waals surface area contributed by atoms with Gasteiger partial charge in [0.15, 0.2) is 0 Å². The first-order valence-electron chi connectivity index (χ1n) is 9.23. The van der Waals surface area contributed by atoms with E-state index in [0.29, 0.717) is 0 Å². The molecule has 0 saturated carbocycles. The predicted octanol–water partition coefficient (Wildman–Crippen LogP) is 6.72. The lowest BCUT2D eigenvalue weighted by molar-refractivity contribution is 0.744. The van der Waals surface area contributed by atoms with Gasteiger partial charge in [-0.1, -0.05) is 67.1 Å². The molecular weight excluding hydrogens is 302 g/mol. The van der Waals surface area contributed by atoms with Crippen molar-refractivity contribution >= 4 is 0 Å². The number of hydrogen-bond donors (Lipinski definition) is 0. The van der Waals surface area contributed by atoms with E-state index in [1.165, 1.54) is 39.2 Å². The van der Waals surface area contributed by atoms with Crippen LogP contribution in [0.2, 0.25) is 0 Å². The average molecular weight is 334 g/mol. The highest BCUT2D eigenvalue weighted by Gasteiger charge is 2.17. The van der Waals surface area contributed by atoms with Crippen LogP contribution in [0.5, 0.6) is 0 Å². The summed E-state index contributed by atoms with van der Waals surface area (Å²) in [5, 5.41) is 0. The molecule has 0 spiro atoms. The van der Waals surface area contributed by atoms with E-state index in [1.807, 2.05) is 0 Å². The van der Waals surface area contributed by atoms with Crippen molar-refractivity contribution in [1.82, 2.24) is 4.57 Å². The Kier molecular flexibility index (Phi) is 6.64. The molecule has 1 nitrogen and oxygen atoms in total. The van der Waals surface area contributed by atoms with E-state index in [2.05, 4.69) is 101 Å². The Morgan fingerprint density at radius 2 is 1.64 bits per heavy atom. The molecule has 2 aromatic rings. The highest BCUT2D eigenvalue weighted by Crippen LogP contribution is 2.33. The van der Waals surface area contributed by atoms with Crippen LogP contribution in [-0.2, 0) is 13.0 Å². The molecule has 2 rings (SSSR count). The lowest BCUT2D eigenvalue weighted by Crippen LogP contribution is -2.04. The summed E-state index contributed by atoms with van der Waals surface area (Å²) in [5.74, 6) is 0. The third-order valence-electron chi connectivity index (χ3n) is 4.83. The molecule has 0 unspecified atom stereocenters. The van der Waals surface area contributed by atoms with E-state index in [9.17, 15) is 0 Å². The molecule has 1 heteroatoms. The SMILES string of the molecule is C\C=C/C(=C\C=C\C)Cn1c(C)c(CC)c(-c2ccc(C)cc2)c1C. The largest absolute Gasteiger partial charge is 0.344 e. The summed E-state index contributed by atoms with van der Waals surface area (Å²) in [5.41, 5.74) is 9.56. The van der Waals surface area contributed by atoms with Gasteiger partial charge in [0.25, 0.3) is 0 Å². The predicted molar refractivity (Wildman–Crippen MR) is 111 cm³/mol. The lowest BCUT2D eigenvalue weighted by atomic mass is 9.98. The summed E-state index contributed by atoms with van der Waals surface area (Å²) in [7, 11) is 0. The number of nitrogens with zero attached hydrogens (tertiary/aromatic N) is 1. The van der Waals surface area contributed by atoms with Crippen molar-refractivity contribution in [3.63, 3.8) is 0 Å². The monoisotopic (exact) mass is 333 g/mol. The normalized spacial score (nSPS) is 12.6. The van der Waals surface area contributed by atoms with Crippen LogP contribution in [0.25, 0.3) is 11.1 Å². The van der Waals surface area contributed by atoms with Gasteiger partial charge in [0, 0.05) is 23.5 Å². The quantitative estimate of drug-likeness (QED) is 0.517. The zero-order chi connectivity index (χ0) is 18.4. The van der Waals surface area contributed by atoms with Gasteiger partial charge in [-0.2, -0.15) is 0 Å². The average Bonchev–Trinajstić information content (AvgIpc) is 2.84. The van der Waals surface area contributed by atoms with Crippen LogP contribution < -0.4 is 0 Å². The fourth-order valence-corrected chi connectivity index (χ4v) is 3.50. The molecule has 0 atom stereocenters. The van der Waals surface area contributed by atoms with Crippen molar-refractivity contribution < 1.29 is 0 Å². The van der Waals surface area contributed by atoms with Gasteiger partial charge in [0.2, 0.25) is 0 Å². The van der Waals surface area contributed by atoms with E-state index in [1.54, 1.807) is 0 Å². The van der Waals surface area contributed by atoms with Crippen molar-refractivity contribution in [1.29, 1.82) is 0 Å². The van der Waals surface area contributed by atoms with Crippen molar-refractivity contribution in [2.24, 2.45) is 0 Å². The maximum Gasteiger partial charge on any atom is 0.0475 e. The van der Waals surface area contributed by atoms with Crippen molar-refractivity contribution in [2.45, 2.75) is 54.5 Å². The van der Waals surface area contributed by atoms with Gasteiger partial charge in [-0.05, 0) is 57.7 Å². The van der Waals surface area contributed by atoms with Gasteiger partial charge in [0.05, 0.1) is 0 Å². The second-order valence-corrected chi connectivity index (χ2v) is 6.60. The minimum atomic E-state index is 0.908. The molecule has 1 aromatic carbocycles. The smallest absolute Gasteiger partial charge is 0.0475 e. The number of benzene rings is 1. The first kappa shape index (κ1) is 19.1. The Bertz CT molecular complexity index is 796. The fraction of sp³-hybridized carbons (Fsp3) is 0.333. The van der Waals surface area contributed by atoms with Crippen LogP contribution in [-0.4, -0.2) is 4.57 Å². The molecule has 0 aliphatic heterocycles. The van der Waals surface area contributed by atoms with Crippen LogP contribution in [0.15, 0.2) is 60.2 Å². The number of aromatic nitrogens is 1. The zero-order valence-corrected chi connectivity index (χ0v) is 16.6.